The normalized spacial score (nSPS) is 8.62. The fourth-order valence-electron chi connectivity index (χ4n) is 1.13. The average Bonchev–Trinajstić information content (AvgIpc) is 2.23. The number of rotatable bonds is 3. The van der Waals surface area contributed by atoms with Gasteiger partial charge >= 0.3 is 0 Å². The van der Waals surface area contributed by atoms with E-state index in [0.717, 1.165) is 13.0 Å². The molecule has 2 heteroatoms. The third-order valence-corrected chi connectivity index (χ3v) is 1.85. The zero-order valence-electron chi connectivity index (χ0n) is 8.33. The van der Waals surface area contributed by atoms with E-state index in [0.29, 0.717) is 0 Å². The molecule has 1 aromatic rings. The number of aromatic nitrogens is 1. The van der Waals surface area contributed by atoms with Crippen LogP contribution < -0.4 is 4.57 Å². The van der Waals surface area contributed by atoms with Crippen molar-refractivity contribution in [3.8, 4) is 0 Å². The van der Waals surface area contributed by atoms with Crippen molar-refractivity contribution < 1.29 is 4.57 Å². The Morgan fingerprint density at radius 1 is 1.23 bits per heavy atom. The first-order valence-electron chi connectivity index (χ1n) is 4.57. The maximum Gasteiger partial charge on any atom is 0.169 e. The summed E-state index contributed by atoms with van der Waals surface area (Å²) in [5.74, 6) is 0. The van der Waals surface area contributed by atoms with E-state index in [1.54, 1.807) is 0 Å². The molecule has 0 aromatic carbocycles. The van der Waals surface area contributed by atoms with E-state index in [4.69, 9.17) is 11.8 Å². The summed E-state index contributed by atoms with van der Waals surface area (Å²) in [5, 5.41) is 6.25. The molecule has 70 valence electrons. The molecule has 1 heterocycles. The molecule has 0 aliphatic carbocycles. The molecule has 0 bridgehead atoms. The van der Waals surface area contributed by atoms with E-state index < -0.39 is 0 Å². The minimum Gasteiger partial charge on any atom is -0.512 e. The van der Waals surface area contributed by atoms with Gasteiger partial charge in [0.1, 0.15) is 6.54 Å². The van der Waals surface area contributed by atoms with Gasteiger partial charge in [-0.2, -0.15) is 0 Å². The number of aryl methyl sites for hydroxylation is 2. The van der Waals surface area contributed by atoms with Crippen LogP contribution >= 0.6 is 0 Å². The average molecular weight is 176 g/mol. The SMILES string of the molecule is CCC[n+]1ccc(CC)cc1.[C-]#N. The molecule has 0 N–H and O–H groups in total. The van der Waals surface area contributed by atoms with E-state index in [2.05, 4.69) is 42.9 Å². The lowest BCUT2D eigenvalue weighted by Crippen LogP contribution is -2.32. The number of pyridine rings is 1. The molecule has 0 aliphatic heterocycles. The molecule has 0 radical (unpaired) electrons. The first-order valence-corrected chi connectivity index (χ1v) is 4.57. The van der Waals surface area contributed by atoms with Crippen LogP contribution in [0.2, 0.25) is 0 Å². The van der Waals surface area contributed by atoms with Crippen LogP contribution in [0.15, 0.2) is 24.5 Å². The van der Waals surface area contributed by atoms with Crippen molar-refractivity contribution in [2.45, 2.75) is 33.2 Å². The molecule has 13 heavy (non-hydrogen) atoms. The van der Waals surface area contributed by atoms with E-state index in [-0.39, 0.29) is 0 Å². The summed E-state index contributed by atoms with van der Waals surface area (Å²) in [7, 11) is 0. The molecule has 0 amide bonds. The van der Waals surface area contributed by atoms with Crippen molar-refractivity contribution in [3.05, 3.63) is 36.7 Å². The van der Waals surface area contributed by atoms with E-state index in [1.807, 2.05) is 0 Å². The van der Waals surface area contributed by atoms with Gasteiger partial charge in [-0.25, -0.2) is 4.57 Å². The molecule has 0 atom stereocenters. The minimum atomic E-state index is 1.13. The van der Waals surface area contributed by atoms with Gasteiger partial charge in [-0.1, -0.05) is 13.8 Å². The van der Waals surface area contributed by atoms with Gasteiger partial charge in [0, 0.05) is 18.6 Å². The standard InChI is InChI=1S/C10H16N.CN/c1-3-7-11-8-5-10(4-2)6-9-11;1-2/h5-6,8-9H,3-4,7H2,1-2H3;/q+1;-1. The van der Waals surface area contributed by atoms with Crippen LogP contribution in [0.5, 0.6) is 0 Å². The second-order valence-corrected chi connectivity index (χ2v) is 2.80. The largest absolute Gasteiger partial charge is 0.512 e. The Labute approximate surface area is 80.4 Å². The molecule has 0 spiro atoms. The lowest BCUT2D eigenvalue weighted by Gasteiger charge is -1.94. The minimum absolute atomic E-state index is 1.13. The van der Waals surface area contributed by atoms with Crippen molar-refractivity contribution in [1.82, 2.24) is 0 Å². The second kappa shape index (κ2) is 7.30. The molecule has 2 nitrogen and oxygen atoms in total. The van der Waals surface area contributed by atoms with Crippen molar-refractivity contribution in [1.29, 1.82) is 5.26 Å². The van der Waals surface area contributed by atoms with Crippen LogP contribution in [0.4, 0.5) is 0 Å². The zero-order chi connectivity index (χ0) is 10.1. The molecule has 0 saturated carbocycles. The quantitative estimate of drug-likeness (QED) is 0.511. The molecule has 0 unspecified atom stereocenters. The molecular weight excluding hydrogens is 160 g/mol. The van der Waals surface area contributed by atoms with Gasteiger partial charge in [0.05, 0.1) is 0 Å². The molecule has 0 fully saturated rings. The van der Waals surface area contributed by atoms with Crippen LogP contribution in [-0.4, -0.2) is 0 Å². The van der Waals surface area contributed by atoms with E-state index in [9.17, 15) is 0 Å². The first-order chi connectivity index (χ1) is 6.36. The molecular formula is C11H16N2. The van der Waals surface area contributed by atoms with Gasteiger partial charge < -0.3 is 11.8 Å². The van der Waals surface area contributed by atoms with Crippen LogP contribution in [0.1, 0.15) is 25.8 Å². The number of hydrogen-bond donors (Lipinski definition) is 0. The van der Waals surface area contributed by atoms with E-state index in [1.165, 1.54) is 12.0 Å². The molecule has 1 rings (SSSR count). The molecule has 0 aliphatic rings. The smallest absolute Gasteiger partial charge is 0.169 e. The Kier molecular flexibility index (Phi) is 6.53. The van der Waals surface area contributed by atoms with Crippen molar-refractivity contribution in [2.75, 3.05) is 0 Å². The predicted octanol–water partition coefficient (Wildman–Crippen LogP) is 2.04. The fraction of sp³-hybridized carbons (Fsp3) is 0.455. The van der Waals surface area contributed by atoms with Gasteiger partial charge in [0.15, 0.2) is 12.4 Å². The van der Waals surface area contributed by atoms with Crippen LogP contribution in [0.25, 0.3) is 0 Å². The monoisotopic (exact) mass is 176 g/mol. The summed E-state index contributed by atoms with van der Waals surface area (Å²) >= 11 is 0. The van der Waals surface area contributed by atoms with Gasteiger partial charge in [-0.15, -0.1) is 0 Å². The first kappa shape index (κ1) is 11.6. The summed E-state index contributed by atoms with van der Waals surface area (Å²) in [6, 6.07) is 4.38. The lowest BCUT2D eigenvalue weighted by atomic mass is 10.2. The highest BCUT2D eigenvalue weighted by Crippen LogP contribution is 1.94. The second-order valence-electron chi connectivity index (χ2n) is 2.80. The lowest BCUT2D eigenvalue weighted by molar-refractivity contribution is -0.697. The summed E-state index contributed by atoms with van der Waals surface area (Å²) in [5.41, 5.74) is 1.41. The van der Waals surface area contributed by atoms with Crippen molar-refractivity contribution in [2.24, 2.45) is 0 Å². The van der Waals surface area contributed by atoms with Crippen LogP contribution in [-0.2, 0) is 13.0 Å². The topological polar surface area (TPSA) is 27.7 Å². The van der Waals surface area contributed by atoms with Crippen molar-refractivity contribution >= 4 is 0 Å². The highest BCUT2D eigenvalue weighted by Gasteiger charge is 1.96. The third-order valence-electron chi connectivity index (χ3n) is 1.85. The molecule has 1 aromatic heterocycles. The Balaban J connectivity index is 0.000000671. The Morgan fingerprint density at radius 3 is 2.15 bits per heavy atom. The van der Waals surface area contributed by atoms with Crippen LogP contribution in [0.3, 0.4) is 0 Å². The Hall–Kier alpha value is -1.36. The van der Waals surface area contributed by atoms with Gasteiger partial charge in [0.2, 0.25) is 0 Å². The summed E-state index contributed by atoms with van der Waals surface area (Å²) < 4.78 is 2.22. The molecule has 0 saturated heterocycles. The zero-order valence-corrected chi connectivity index (χ0v) is 8.33. The van der Waals surface area contributed by atoms with Gasteiger partial charge in [-0.05, 0) is 12.0 Å². The number of nitrogens with zero attached hydrogens (tertiary/aromatic N) is 2. The maximum atomic E-state index is 6.25. The fourth-order valence-corrected chi connectivity index (χ4v) is 1.13. The summed E-state index contributed by atoms with van der Waals surface area (Å²) in [6.45, 7) is 10.3. The Morgan fingerprint density at radius 2 is 1.77 bits per heavy atom. The maximum absolute atomic E-state index is 6.25. The Bertz CT molecular complexity index is 236. The van der Waals surface area contributed by atoms with Gasteiger partial charge in [0.25, 0.3) is 0 Å². The summed E-state index contributed by atoms with van der Waals surface area (Å²) in [4.78, 5) is 0. The predicted molar refractivity (Wildman–Crippen MR) is 51.3 cm³/mol. The van der Waals surface area contributed by atoms with Crippen molar-refractivity contribution in [3.63, 3.8) is 0 Å². The summed E-state index contributed by atoms with van der Waals surface area (Å²) in [6.07, 6.45) is 6.65. The van der Waals surface area contributed by atoms with E-state index >= 15 is 0 Å². The van der Waals surface area contributed by atoms with Gasteiger partial charge in [-0.3, -0.25) is 0 Å². The highest BCUT2D eigenvalue weighted by molar-refractivity contribution is 5.06. The highest BCUT2D eigenvalue weighted by atomic mass is 14.9. The third kappa shape index (κ3) is 4.27. The van der Waals surface area contributed by atoms with Crippen LogP contribution in [0, 0.1) is 11.8 Å². The number of hydrogen-bond acceptors (Lipinski definition) is 1.